The van der Waals surface area contributed by atoms with Gasteiger partial charge in [-0.05, 0) is 6.92 Å². The minimum atomic E-state index is -2.97. The van der Waals surface area contributed by atoms with Gasteiger partial charge in [0.05, 0.1) is 44.7 Å². The third-order valence-electron chi connectivity index (χ3n) is 11.4. The third kappa shape index (κ3) is 10.9. The standard InChI is InChI=1S/C35H58N2O26/c1-9-19(45)22(48)23(49)32(55-9)60-27-18(37-11(3)43)31(61-28-20(46)14(6-39)56-30(52)24(28)50)58-16(8-41)26(27)59-33-25(51)29(21(47)15(7-40)57-33)63-35(34(53)54)4-12(44)17(36-10(2)42)13(5-38)62-35/h9,12-33,38-41,44-52H,4-8H2,1-3H3,(H,36,42)(H,37,43)(H,53,54)/t9-,12-,13-,14+,15+,16+,17+,18+,19+,20-,21-,22+,23-,24+,25+,26+,27+,28-,29-,30+,31-,32-,33-,35-/m0/s1. The van der Waals surface area contributed by atoms with Crippen molar-refractivity contribution in [1.29, 1.82) is 0 Å². The highest BCUT2D eigenvalue weighted by Gasteiger charge is 2.60. The number of carbonyl (C=O) groups excluding carboxylic acids is 2. The third-order valence-corrected chi connectivity index (χ3v) is 11.4. The minimum absolute atomic E-state index is 0.680. The van der Waals surface area contributed by atoms with Crippen LogP contribution in [-0.4, -0.2) is 263 Å². The lowest BCUT2D eigenvalue weighted by atomic mass is 9.91. The molecule has 0 aromatic heterocycles. The molecule has 0 aromatic rings. The maximum atomic E-state index is 12.8. The van der Waals surface area contributed by atoms with Gasteiger partial charge in [0.2, 0.25) is 11.8 Å². The molecular weight excluding hydrogens is 864 g/mol. The van der Waals surface area contributed by atoms with E-state index in [0.717, 1.165) is 13.8 Å². The van der Waals surface area contributed by atoms with E-state index in [1.54, 1.807) is 0 Å². The summed E-state index contributed by atoms with van der Waals surface area (Å²) in [7, 11) is 0. The summed E-state index contributed by atoms with van der Waals surface area (Å²) in [4.78, 5) is 37.4. The Hall–Kier alpha value is -2.47. The summed E-state index contributed by atoms with van der Waals surface area (Å²) in [6.07, 6.45) is -40.6. The number of nitrogens with one attached hydrogen (secondary N) is 2. The van der Waals surface area contributed by atoms with E-state index in [2.05, 4.69) is 10.6 Å². The molecule has 16 N–H and O–H groups in total. The molecule has 2 amide bonds. The predicted octanol–water partition coefficient (Wildman–Crippen LogP) is -10.1. The number of aliphatic hydroxyl groups is 13. The Labute approximate surface area is 357 Å². The molecule has 5 rings (SSSR count). The van der Waals surface area contributed by atoms with Crippen LogP contribution in [0.2, 0.25) is 0 Å². The molecule has 5 saturated heterocycles. The maximum absolute atomic E-state index is 12.8. The summed E-state index contributed by atoms with van der Waals surface area (Å²) in [6, 6.07) is -3.13. The highest BCUT2D eigenvalue weighted by Crippen LogP contribution is 2.39. The van der Waals surface area contributed by atoms with Crippen LogP contribution in [0, 0.1) is 0 Å². The van der Waals surface area contributed by atoms with E-state index in [4.69, 9.17) is 42.6 Å². The lowest BCUT2D eigenvalue weighted by Gasteiger charge is -2.52. The monoisotopic (exact) mass is 922 g/mol. The Morgan fingerprint density at radius 1 is 0.556 bits per heavy atom. The van der Waals surface area contributed by atoms with Gasteiger partial charge in [0, 0.05) is 20.3 Å². The first-order valence-electron chi connectivity index (χ1n) is 19.9. The van der Waals surface area contributed by atoms with Crippen LogP contribution in [0.25, 0.3) is 0 Å². The second-order valence-corrected chi connectivity index (χ2v) is 15.8. The van der Waals surface area contributed by atoms with E-state index >= 15 is 0 Å². The van der Waals surface area contributed by atoms with Crippen molar-refractivity contribution in [3.8, 4) is 0 Å². The zero-order valence-corrected chi connectivity index (χ0v) is 34.0. The second-order valence-electron chi connectivity index (χ2n) is 15.8. The van der Waals surface area contributed by atoms with Gasteiger partial charge in [0.1, 0.15) is 97.6 Å². The highest BCUT2D eigenvalue weighted by molar-refractivity contribution is 5.76. The van der Waals surface area contributed by atoms with Gasteiger partial charge < -0.3 is 125 Å². The van der Waals surface area contributed by atoms with Gasteiger partial charge in [-0.1, -0.05) is 0 Å². The van der Waals surface area contributed by atoms with Gasteiger partial charge in [0.25, 0.3) is 5.79 Å². The number of rotatable bonds is 15. The van der Waals surface area contributed by atoms with Gasteiger partial charge in [-0.3, -0.25) is 9.59 Å². The molecule has 5 heterocycles. The molecule has 5 fully saturated rings. The maximum Gasteiger partial charge on any atom is 0.364 e. The van der Waals surface area contributed by atoms with Gasteiger partial charge in [0.15, 0.2) is 25.2 Å². The fourth-order valence-electron chi connectivity index (χ4n) is 8.08. The topological polar surface area (TPSA) is 442 Å². The lowest BCUT2D eigenvalue weighted by molar-refractivity contribution is -0.395. The fourth-order valence-corrected chi connectivity index (χ4v) is 8.08. The molecule has 0 aliphatic carbocycles. The molecule has 28 heteroatoms. The quantitative estimate of drug-likeness (QED) is 0.0725. The van der Waals surface area contributed by atoms with E-state index in [1.165, 1.54) is 6.92 Å². The SMILES string of the molecule is CC(=O)N[C@H]1[C@H](O[C@@H]2[C@@H](O)[C@H](O)O[C@H](CO)[C@@H]2O)O[C@H](CO)[C@@H](O[C@@H]2O[C@H](CO)[C@H](O)[C@H](O[C@]3(C(=O)O)C[C@H](O)[C@@H](NC(C)=O)[C@H](CO)O3)[C@H]2O)[C@@H]1O[C@@H]1O[C@@H](C)[C@@H](O)[C@@H](O)[C@@H]1O. The van der Waals surface area contributed by atoms with Crippen LogP contribution in [0.1, 0.15) is 27.2 Å². The molecule has 364 valence electrons. The Morgan fingerprint density at radius 2 is 1.06 bits per heavy atom. The fraction of sp³-hybridized carbons (Fsp3) is 0.914. The molecule has 24 atom stereocenters. The molecule has 0 spiro atoms. The highest BCUT2D eigenvalue weighted by atomic mass is 16.8. The van der Waals surface area contributed by atoms with Gasteiger partial charge >= 0.3 is 5.97 Å². The first kappa shape index (κ1) is 51.5. The number of hydrogen-bond acceptors (Lipinski definition) is 25. The van der Waals surface area contributed by atoms with Crippen LogP contribution in [0.15, 0.2) is 0 Å². The van der Waals surface area contributed by atoms with Gasteiger partial charge in [-0.2, -0.15) is 0 Å². The van der Waals surface area contributed by atoms with E-state index in [1.807, 2.05) is 0 Å². The molecule has 63 heavy (non-hydrogen) atoms. The van der Waals surface area contributed by atoms with Crippen LogP contribution in [0.3, 0.4) is 0 Å². The second kappa shape index (κ2) is 21.4. The Kier molecular flexibility index (Phi) is 17.5. The van der Waals surface area contributed by atoms with Crippen molar-refractivity contribution in [2.45, 2.75) is 174 Å². The number of aliphatic carboxylic acids is 1. The number of aliphatic hydroxyl groups excluding tert-OH is 13. The smallest absolute Gasteiger partial charge is 0.364 e. The number of ether oxygens (including phenoxy) is 9. The van der Waals surface area contributed by atoms with Crippen molar-refractivity contribution in [1.82, 2.24) is 10.6 Å². The Bertz CT molecular complexity index is 1540. The summed E-state index contributed by atoms with van der Waals surface area (Å²) in [5.41, 5.74) is 0. The molecule has 0 saturated carbocycles. The van der Waals surface area contributed by atoms with Crippen LogP contribution in [-0.2, 0) is 57.0 Å². The molecule has 28 nitrogen and oxygen atoms in total. The number of carboxylic acids is 1. The van der Waals surface area contributed by atoms with E-state index in [0.29, 0.717) is 0 Å². The van der Waals surface area contributed by atoms with Crippen molar-refractivity contribution >= 4 is 17.8 Å². The van der Waals surface area contributed by atoms with Gasteiger partial charge in [-0.25, -0.2) is 4.79 Å². The van der Waals surface area contributed by atoms with Crippen molar-refractivity contribution in [3.05, 3.63) is 0 Å². The zero-order valence-electron chi connectivity index (χ0n) is 34.0. The molecule has 5 aliphatic heterocycles. The van der Waals surface area contributed by atoms with Crippen LogP contribution < -0.4 is 10.6 Å². The molecule has 0 aromatic carbocycles. The number of hydrogen-bond donors (Lipinski definition) is 16. The predicted molar refractivity (Wildman–Crippen MR) is 193 cm³/mol. The summed E-state index contributed by atoms with van der Waals surface area (Å²) in [5.74, 6) is -6.44. The largest absolute Gasteiger partial charge is 0.477 e. The van der Waals surface area contributed by atoms with Crippen molar-refractivity contribution in [3.63, 3.8) is 0 Å². The number of carbonyl (C=O) groups is 3. The van der Waals surface area contributed by atoms with E-state index in [9.17, 15) is 85.9 Å². The first-order valence-corrected chi connectivity index (χ1v) is 19.9. The Balaban J connectivity index is 1.53. The minimum Gasteiger partial charge on any atom is -0.477 e. The number of carboxylic acid groups (broad SMARTS) is 1. The van der Waals surface area contributed by atoms with Crippen LogP contribution in [0.4, 0.5) is 0 Å². The summed E-state index contributed by atoms with van der Waals surface area (Å²) < 4.78 is 51.6. The lowest BCUT2D eigenvalue weighted by Crippen LogP contribution is -2.71. The van der Waals surface area contributed by atoms with Crippen molar-refractivity contribution in [2.24, 2.45) is 0 Å². The summed E-state index contributed by atoms with van der Waals surface area (Å²) in [5, 5.41) is 154. The Morgan fingerprint density at radius 3 is 1.63 bits per heavy atom. The average molecular weight is 923 g/mol. The van der Waals surface area contributed by atoms with Crippen molar-refractivity contribution in [2.75, 3.05) is 26.4 Å². The molecule has 0 unspecified atom stereocenters. The number of amides is 2. The van der Waals surface area contributed by atoms with Crippen LogP contribution >= 0.6 is 0 Å². The van der Waals surface area contributed by atoms with E-state index in [-0.39, 0.29) is 0 Å². The molecular formula is C35H58N2O26. The summed E-state index contributed by atoms with van der Waals surface area (Å²) >= 11 is 0. The van der Waals surface area contributed by atoms with E-state index < -0.39 is 197 Å². The average Bonchev–Trinajstić information content (AvgIpc) is 3.23. The molecule has 0 bridgehead atoms. The molecule has 0 radical (unpaired) electrons. The summed E-state index contributed by atoms with van der Waals surface area (Å²) in [6.45, 7) is -0.610. The normalized spacial score (nSPS) is 48.3. The first-order chi connectivity index (χ1) is 29.6. The molecule has 5 aliphatic rings. The van der Waals surface area contributed by atoms with Gasteiger partial charge in [-0.15, -0.1) is 0 Å². The van der Waals surface area contributed by atoms with Crippen molar-refractivity contribution < 1.29 is 129 Å². The van der Waals surface area contributed by atoms with Crippen LogP contribution in [0.5, 0.6) is 0 Å². The zero-order chi connectivity index (χ0) is 46.8.